The van der Waals surface area contributed by atoms with Gasteiger partial charge in [-0.3, -0.25) is 4.79 Å². The van der Waals surface area contributed by atoms with E-state index < -0.39 is 0 Å². The minimum Gasteiger partial charge on any atom is -0.356 e. The van der Waals surface area contributed by atoms with E-state index in [0.717, 1.165) is 0 Å². The van der Waals surface area contributed by atoms with Crippen LogP contribution in [0.3, 0.4) is 0 Å². The summed E-state index contributed by atoms with van der Waals surface area (Å²) in [6, 6.07) is 5.87. The van der Waals surface area contributed by atoms with Gasteiger partial charge in [0.2, 0.25) is 5.91 Å². The van der Waals surface area contributed by atoms with Gasteiger partial charge < -0.3 is 5.32 Å². The number of rotatable bonds is 5. The minimum atomic E-state index is -0.362. The van der Waals surface area contributed by atoms with Gasteiger partial charge in [0.05, 0.1) is 6.42 Å². The molecule has 0 aliphatic carbocycles. The molecule has 1 aromatic rings. The van der Waals surface area contributed by atoms with E-state index in [1.54, 1.807) is 12.1 Å². The van der Waals surface area contributed by atoms with Crippen molar-refractivity contribution in [1.82, 2.24) is 5.32 Å². The van der Waals surface area contributed by atoms with E-state index in [-0.39, 0.29) is 31.2 Å². The highest BCUT2D eigenvalue weighted by atomic mass is 19.1. The number of hydrogen-bond acceptors (Lipinski definition) is 2. The number of nitrogens with zero attached hydrogens (tertiary/aromatic N) is 3. The van der Waals surface area contributed by atoms with Crippen LogP contribution in [0.5, 0.6) is 0 Å². The van der Waals surface area contributed by atoms with Crippen LogP contribution < -0.4 is 5.32 Å². The van der Waals surface area contributed by atoms with Gasteiger partial charge in [0.1, 0.15) is 5.82 Å². The SMILES string of the molecule is [N-]=[N+]=NCCNC(=O)Cc1cccc(F)c1. The molecule has 0 fully saturated rings. The Balaban J connectivity index is 2.36. The van der Waals surface area contributed by atoms with Crippen LogP contribution in [0, 0.1) is 5.82 Å². The Morgan fingerprint density at radius 2 is 2.38 bits per heavy atom. The molecule has 0 aliphatic heterocycles. The molecule has 16 heavy (non-hydrogen) atoms. The van der Waals surface area contributed by atoms with Crippen LogP contribution in [-0.4, -0.2) is 19.0 Å². The number of carbonyl (C=O) groups is 1. The van der Waals surface area contributed by atoms with Gasteiger partial charge in [-0.2, -0.15) is 0 Å². The summed E-state index contributed by atoms with van der Waals surface area (Å²) in [7, 11) is 0. The third kappa shape index (κ3) is 4.43. The standard InChI is InChI=1S/C10H11FN4O/c11-9-3-1-2-8(6-9)7-10(16)13-4-5-14-15-12/h1-3,6H,4-5,7H2,(H,13,16). The first-order chi connectivity index (χ1) is 7.72. The Morgan fingerprint density at radius 3 is 3.06 bits per heavy atom. The highest BCUT2D eigenvalue weighted by Gasteiger charge is 2.02. The Morgan fingerprint density at radius 1 is 1.56 bits per heavy atom. The van der Waals surface area contributed by atoms with Crippen molar-refractivity contribution in [3.05, 3.63) is 46.1 Å². The topological polar surface area (TPSA) is 77.9 Å². The summed E-state index contributed by atoms with van der Waals surface area (Å²) >= 11 is 0. The van der Waals surface area contributed by atoms with E-state index in [9.17, 15) is 9.18 Å². The molecule has 1 aromatic carbocycles. The van der Waals surface area contributed by atoms with E-state index in [0.29, 0.717) is 5.56 Å². The summed E-state index contributed by atoms with van der Waals surface area (Å²) in [5, 5.41) is 5.83. The molecule has 0 saturated heterocycles. The van der Waals surface area contributed by atoms with Gasteiger partial charge in [-0.15, -0.1) is 0 Å². The molecule has 0 atom stereocenters. The van der Waals surface area contributed by atoms with Crippen LogP contribution in [-0.2, 0) is 11.2 Å². The van der Waals surface area contributed by atoms with Crippen molar-refractivity contribution in [1.29, 1.82) is 0 Å². The number of nitrogens with one attached hydrogen (secondary N) is 1. The fourth-order valence-corrected chi connectivity index (χ4v) is 1.18. The van der Waals surface area contributed by atoms with Gasteiger partial charge in [-0.25, -0.2) is 4.39 Å². The first-order valence-electron chi connectivity index (χ1n) is 4.74. The summed E-state index contributed by atoms with van der Waals surface area (Å²) in [4.78, 5) is 13.9. The van der Waals surface area contributed by atoms with Gasteiger partial charge in [-0.05, 0) is 23.2 Å². The van der Waals surface area contributed by atoms with E-state index in [4.69, 9.17) is 5.53 Å². The number of hydrogen-bond donors (Lipinski definition) is 1. The number of benzene rings is 1. The number of halogens is 1. The van der Waals surface area contributed by atoms with Gasteiger partial charge >= 0.3 is 0 Å². The fraction of sp³-hybridized carbons (Fsp3) is 0.300. The molecule has 0 radical (unpaired) electrons. The highest BCUT2D eigenvalue weighted by molar-refractivity contribution is 5.78. The summed E-state index contributed by atoms with van der Waals surface area (Å²) in [6.07, 6.45) is 0.119. The molecule has 0 saturated carbocycles. The molecule has 0 heterocycles. The average Bonchev–Trinajstić information content (AvgIpc) is 2.24. The van der Waals surface area contributed by atoms with Gasteiger partial charge in [-0.1, -0.05) is 17.2 Å². The van der Waals surface area contributed by atoms with E-state index >= 15 is 0 Å². The maximum atomic E-state index is 12.8. The summed E-state index contributed by atoms with van der Waals surface area (Å²) in [6.45, 7) is 0.504. The normalized spacial score (nSPS) is 9.31. The van der Waals surface area contributed by atoms with Crippen LogP contribution in [0.4, 0.5) is 4.39 Å². The molecule has 0 aromatic heterocycles. The Hall–Kier alpha value is -2.07. The van der Waals surface area contributed by atoms with E-state index in [1.165, 1.54) is 12.1 Å². The van der Waals surface area contributed by atoms with Crippen molar-refractivity contribution in [2.24, 2.45) is 5.11 Å². The van der Waals surface area contributed by atoms with Crippen LogP contribution >= 0.6 is 0 Å². The van der Waals surface area contributed by atoms with Gasteiger partial charge in [0.15, 0.2) is 0 Å². The molecule has 0 bridgehead atoms. The van der Waals surface area contributed by atoms with Crippen molar-refractivity contribution in [3.63, 3.8) is 0 Å². The van der Waals surface area contributed by atoms with Gasteiger partial charge in [0.25, 0.3) is 0 Å². The van der Waals surface area contributed by atoms with Crippen molar-refractivity contribution >= 4 is 5.91 Å². The lowest BCUT2D eigenvalue weighted by molar-refractivity contribution is -0.120. The average molecular weight is 222 g/mol. The Kier molecular flexibility index (Phi) is 4.82. The zero-order valence-corrected chi connectivity index (χ0v) is 8.56. The second kappa shape index (κ2) is 6.42. The van der Waals surface area contributed by atoms with Crippen molar-refractivity contribution in [2.45, 2.75) is 6.42 Å². The second-order valence-corrected chi connectivity index (χ2v) is 3.11. The molecular weight excluding hydrogens is 211 g/mol. The second-order valence-electron chi connectivity index (χ2n) is 3.11. The predicted octanol–water partition coefficient (Wildman–Crippen LogP) is 1.79. The van der Waals surface area contributed by atoms with Gasteiger partial charge in [0, 0.05) is 18.0 Å². The lowest BCUT2D eigenvalue weighted by atomic mass is 10.1. The lowest BCUT2D eigenvalue weighted by Gasteiger charge is -2.03. The molecule has 84 valence electrons. The summed E-state index contributed by atoms with van der Waals surface area (Å²) in [5.74, 6) is -0.585. The molecule has 5 nitrogen and oxygen atoms in total. The maximum absolute atomic E-state index is 12.8. The molecule has 1 amide bonds. The molecule has 0 aliphatic rings. The van der Waals surface area contributed by atoms with Crippen LogP contribution in [0.2, 0.25) is 0 Å². The van der Waals surface area contributed by atoms with E-state index in [2.05, 4.69) is 15.3 Å². The zero-order valence-electron chi connectivity index (χ0n) is 8.56. The molecule has 1 rings (SSSR count). The van der Waals surface area contributed by atoms with Crippen molar-refractivity contribution < 1.29 is 9.18 Å². The number of azide groups is 1. The maximum Gasteiger partial charge on any atom is 0.224 e. The Bertz CT molecular complexity index is 415. The minimum absolute atomic E-state index is 0.119. The zero-order chi connectivity index (χ0) is 11.8. The first-order valence-corrected chi connectivity index (χ1v) is 4.74. The fourth-order valence-electron chi connectivity index (χ4n) is 1.18. The van der Waals surface area contributed by atoms with Crippen LogP contribution in [0.25, 0.3) is 10.4 Å². The first kappa shape index (κ1) is 12.0. The Labute approximate surface area is 91.9 Å². The van der Waals surface area contributed by atoms with Crippen LogP contribution in [0.15, 0.2) is 29.4 Å². The smallest absolute Gasteiger partial charge is 0.224 e. The monoisotopic (exact) mass is 222 g/mol. The molecule has 6 heteroatoms. The largest absolute Gasteiger partial charge is 0.356 e. The lowest BCUT2D eigenvalue weighted by Crippen LogP contribution is -2.27. The third-order valence-corrected chi connectivity index (χ3v) is 1.85. The van der Waals surface area contributed by atoms with Crippen LogP contribution in [0.1, 0.15) is 5.56 Å². The molecule has 0 spiro atoms. The quantitative estimate of drug-likeness (QED) is 0.350. The molecule has 1 N–H and O–H groups in total. The van der Waals surface area contributed by atoms with Crippen molar-refractivity contribution in [2.75, 3.05) is 13.1 Å². The molecular formula is C10H11FN4O. The number of amides is 1. The predicted molar refractivity (Wildman–Crippen MR) is 57.1 cm³/mol. The molecule has 0 unspecified atom stereocenters. The van der Waals surface area contributed by atoms with Crippen molar-refractivity contribution in [3.8, 4) is 0 Å². The number of carbonyl (C=O) groups excluding carboxylic acids is 1. The summed E-state index contributed by atoms with van der Waals surface area (Å²) in [5.41, 5.74) is 8.61. The van der Waals surface area contributed by atoms with E-state index in [1.807, 2.05) is 0 Å². The highest BCUT2D eigenvalue weighted by Crippen LogP contribution is 2.03. The summed E-state index contributed by atoms with van der Waals surface area (Å²) < 4.78 is 12.8. The third-order valence-electron chi connectivity index (χ3n) is 1.85.